The summed E-state index contributed by atoms with van der Waals surface area (Å²) in [5.41, 5.74) is 1.14. The van der Waals surface area contributed by atoms with Crippen LogP contribution in [0.5, 0.6) is 5.75 Å². The van der Waals surface area contributed by atoms with Gasteiger partial charge in [-0.2, -0.15) is 0 Å². The molecular formula is C15H17N3O5S. The molecule has 9 heteroatoms. The van der Waals surface area contributed by atoms with Crippen molar-refractivity contribution in [2.45, 2.75) is 13.0 Å². The molecule has 1 aromatic rings. The standard InChI is InChI=1S/C15H17N3O5S/c1-2-18-12-4-3-10(7-13(12)23-8-14(18)19)16-15(20)17-11-5-6-24(21,22)9-11/h3-7,11H,2,8-9H2,1H3,(H2,16,17,20)/t11-/m0/s1. The van der Waals surface area contributed by atoms with E-state index in [9.17, 15) is 18.0 Å². The van der Waals surface area contributed by atoms with Crippen molar-refractivity contribution >= 4 is 33.2 Å². The predicted molar refractivity (Wildman–Crippen MR) is 88.8 cm³/mol. The first-order valence-corrected chi connectivity index (χ1v) is 9.15. The Morgan fingerprint density at radius 2 is 2.21 bits per heavy atom. The van der Waals surface area contributed by atoms with Gasteiger partial charge in [0.05, 0.1) is 17.5 Å². The Labute approximate surface area is 139 Å². The molecule has 0 fully saturated rings. The molecule has 3 amide bonds. The highest BCUT2D eigenvalue weighted by Gasteiger charge is 2.25. The molecule has 0 aromatic heterocycles. The highest BCUT2D eigenvalue weighted by atomic mass is 32.2. The topological polar surface area (TPSA) is 105 Å². The van der Waals surface area contributed by atoms with Crippen molar-refractivity contribution in [2.75, 3.05) is 29.1 Å². The summed E-state index contributed by atoms with van der Waals surface area (Å²) in [7, 11) is -3.22. The van der Waals surface area contributed by atoms with Gasteiger partial charge in [-0.1, -0.05) is 0 Å². The number of amides is 3. The Hall–Kier alpha value is -2.55. The van der Waals surface area contributed by atoms with E-state index in [-0.39, 0.29) is 18.3 Å². The molecule has 0 unspecified atom stereocenters. The number of anilines is 2. The van der Waals surface area contributed by atoms with E-state index in [1.807, 2.05) is 6.92 Å². The normalized spacial score (nSPS) is 21.1. The van der Waals surface area contributed by atoms with E-state index < -0.39 is 21.9 Å². The van der Waals surface area contributed by atoms with E-state index in [2.05, 4.69) is 10.6 Å². The van der Waals surface area contributed by atoms with E-state index in [1.54, 1.807) is 23.1 Å². The Morgan fingerprint density at radius 3 is 2.88 bits per heavy atom. The van der Waals surface area contributed by atoms with E-state index in [0.29, 0.717) is 23.7 Å². The van der Waals surface area contributed by atoms with Crippen LogP contribution in [0.25, 0.3) is 0 Å². The van der Waals surface area contributed by atoms with Crippen molar-refractivity contribution in [3.05, 3.63) is 29.7 Å². The van der Waals surface area contributed by atoms with Gasteiger partial charge in [-0.05, 0) is 25.1 Å². The van der Waals surface area contributed by atoms with Crippen molar-refractivity contribution in [1.82, 2.24) is 5.32 Å². The molecule has 128 valence electrons. The number of sulfone groups is 1. The lowest BCUT2D eigenvalue weighted by atomic mass is 10.2. The second kappa shape index (κ2) is 6.16. The van der Waals surface area contributed by atoms with Crippen LogP contribution in [0, 0.1) is 0 Å². The summed E-state index contributed by atoms with van der Waals surface area (Å²) in [6.45, 7) is 2.36. The van der Waals surface area contributed by atoms with E-state index in [1.165, 1.54) is 6.08 Å². The largest absolute Gasteiger partial charge is 0.481 e. The minimum absolute atomic E-state index is 0.0405. The molecule has 2 heterocycles. The number of carbonyl (C=O) groups excluding carboxylic acids is 2. The fourth-order valence-corrected chi connectivity index (χ4v) is 3.87. The zero-order chi connectivity index (χ0) is 17.3. The van der Waals surface area contributed by atoms with E-state index in [4.69, 9.17) is 4.74 Å². The van der Waals surface area contributed by atoms with Gasteiger partial charge < -0.3 is 20.3 Å². The first-order chi connectivity index (χ1) is 11.4. The number of fused-ring (bicyclic) bond motifs is 1. The smallest absolute Gasteiger partial charge is 0.319 e. The van der Waals surface area contributed by atoms with Gasteiger partial charge in [-0.15, -0.1) is 0 Å². The molecule has 0 bridgehead atoms. The molecule has 0 spiro atoms. The number of nitrogens with zero attached hydrogens (tertiary/aromatic N) is 1. The first kappa shape index (κ1) is 16.3. The number of hydrogen-bond acceptors (Lipinski definition) is 5. The molecule has 2 aliphatic heterocycles. The van der Waals surface area contributed by atoms with Crippen LogP contribution in [0.1, 0.15) is 6.92 Å². The van der Waals surface area contributed by atoms with Crippen molar-refractivity contribution in [3.63, 3.8) is 0 Å². The highest BCUT2D eigenvalue weighted by molar-refractivity contribution is 7.94. The van der Waals surface area contributed by atoms with Crippen molar-refractivity contribution in [1.29, 1.82) is 0 Å². The van der Waals surface area contributed by atoms with Gasteiger partial charge in [0.1, 0.15) is 5.75 Å². The summed E-state index contributed by atoms with van der Waals surface area (Å²) in [5, 5.41) is 6.30. The first-order valence-electron chi connectivity index (χ1n) is 7.43. The predicted octanol–water partition coefficient (Wildman–Crippen LogP) is 0.864. The minimum Gasteiger partial charge on any atom is -0.481 e. The maximum absolute atomic E-state index is 12.0. The van der Waals surface area contributed by atoms with E-state index in [0.717, 1.165) is 5.41 Å². The zero-order valence-electron chi connectivity index (χ0n) is 13.0. The van der Waals surface area contributed by atoms with Crippen LogP contribution in [0.4, 0.5) is 16.2 Å². The van der Waals surface area contributed by atoms with Gasteiger partial charge >= 0.3 is 6.03 Å². The van der Waals surface area contributed by atoms with Crippen molar-refractivity contribution in [3.8, 4) is 5.75 Å². The number of nitrogens with one attached hydrogen (secondary N) is 2. The van der Waals surface area contributed by atoms with Gasteiger partial charge in [0, 0.05) is 23.7 Å². The number of benzene rings is 1. The molecule has 0 aliphatic carbocycles. The molecule has 1 aromatic carbocycles. The summed E-state index contributed by atoms with van der Waals surface area (Å²) in [5.74, 6) is 0.261. The molecule has 0 saturated heterocycles. The summed E-state index contributed by atoms with van der Waals surface area (Å²) >= 11 is 0. The van der Waals surface area contributed by atoms with Crippen LogP contribution in [-0.2, 0) is 14.6 Å². The average molecular weight is 351 g/mol. The van der Waals surface area contributed by atoms with Crippen LogP contribution in [-0.4, -0.2) is 45.3 Å². The molecule has 24 heavy (non-hydrogen) atoms. The molecule has 0 saturated carbocycles. The third-order valence-corrected chi connectivity index (χ3v) is 5.12. The lowest BCUT2D eigenvalue weighted by Crippen LogP contribution is -2.39. The summed E-state index contributed by atoms with van der Waals surface area (Å²) in [6.07, 6.45) is 1.44. The second-order valence-corrected chi connectivity index (χ2v) is 7.40. The van der Waals surface area contributed by atoms with Gasteiger partial charge in [-0.3, -0.25) is 4.79 Å². The van der Waals surface area contributed by atoms with Gasteiger partial charge in [0.15, 0.2) is 16.4 Å². The fourth-order valence-electron chi connectivity index (χ4n) is 2.63. The molecule has 2 N–H and O–H groups in total. The maximum Gasteiger partial charge on any atom is 0.319 e. The number of likely N-dealkylation sites (N-methyl/N-ethyl adjacent to an activating group) is 1. The van der Waals surface area contributed by atoms with Crippen molar-refractivity contribution < 1.29 is 22.7 Å². The zero-order valence-corrected chi connectivity index (χ0v) is 13.8. The van der Waals surface area contributed by atoms with Crippen LogP contribution in [0.15, 0.2) is 29.7 Å². The Kier molecular flexibility index (Phi) is 4.18. The van der Waals surface area contributed by atoms with Crippen LogP contribution < -0.4 is 20.3 Å². The third-order valence-electron chi connectivity index (χ3n) is 3.72. The average Bonchev–Trinajstić information content (AvgIpc) is 2.86. The number of rotatable bonds is 3. The molecule has 3 rings (SSSR count). The summed E-state index contributed by atoms with van der Waals surface area (Å²) in [6, 6.07) is 3.93. The van der Waals surface area contributed by atoms with Crippen molar-refractivity contribution in [2.24, 2.45) is 0 Å². The quantitative estimate of drug-likeness (QED) is 0.840. The molecular weight excluding hydrogens is 334 g/mol. The molecule has 8 nitrogen and oxygen atoms in total. The van der Waals surface area contributed by atoms with Crippen LogP contribution in [0.3, 0.4) is 0 Å². The number of carbonyl (C=O) groups is 2. The minimum atomic E-state index is -3.22. The number of ether oxygens (including phenoxy) is 1. The highest BCUT2D eigenvalue weighted by Crippen LogP contribution is 2.34. The number of urea groups is 1. The molecule has 1 atom stereocenters. The second-order valence-electron chi connectivity index (χ2n) is 5.47. The van der Waals surface area contributed by atoms with Gasteiger partial charge in [-0.25, -0.2) is 13.2 Å². The Bertz CT molecular complexity index is 818. The van der Waals surface area contributed by atoms with Crippen LogP contribution >= 0.6 is 0 Å². The fraction of sp³-hybridized carbons (Fsp3) is 0.333. The number of hydrogen-bond donors (Lipinski definition) is 2. The SMILES string of the molecule is CCN1C(=O)COc2cc(NC(=O)N[C@H]3C=CS(=O)(=O)C3)ccc21. The Morgan fingerprint density at radius 1 is 1.42 bits per heavy atom. The maximum atomic E-state index is 12.0. The molecule has 2 aliphatic rings. The lowest BCUT2D eigenvalue weighted by molar-refractivity contribution is -0.121. The third kappa shape index (κ3) is 3.35. The molecule has 0 radical (unpaired) electrons. The van der Waals surface area contributed by atoms with E-state index >= 15 is 0 Å². The van der Waals surface area contributed by atoms with Gasteiger partial charge in [0.2, 0.25) is 0 Å². The summed E-state index contributed by atoms with van der Waals surface area (Å²) < 4.78 is 28.0. The van der Waals surface area contributed by atoms with Crippen LogP contribution in [0.2, 0.25) is 0 Å². The van der Waals surface area contributed by atoms with Gasteiger partial charge in [0.25, 0.3) is 5.91 Å². The Balaban J connectivity index is 1.67. The lowest BCUT2D eigenvalue weighted by Gasteiger charge is -2.28. The monoisotopic (exact) mass is 351 g/mol. The summed E-state index contributed by atoms with van der Waals surface area (Å²) in [4.78, 5) is 25.3.